The van der Waals surface area contributed by atoms with Gasteiger partial charge in [0.25, 0.3) is 0 Å². The molecule has 0 aromatic carbocycles. The summed E-state index contributed by atoms with van der Waals surface area (Å²) in [5, 5.41) is 10.4. The molecule has 0 saturated heterocycles. The smallest absolute Gasteiger partial charge is 0.353 e. The zero-order chi connectivity index (χ0) is 17.7. The Kier molecular flexibility index (Phi) is 5.81. The van der Waals surface area contributed by atoms with E-state index in [0.29, 0.717) is 5.56 Å². The molecule has 6 nitrogen and oxygen atoms in total. The SMILES string of the molecule is CC(C)NC(=O)CSc1nnc(-c2ccncc2)n1CC(F)(F)F. The van der Waals surface area contributed by atoms with Crippen LogP contribution in [-0.2, 0) is 11.3 Å². The Morgan fingerprint density at radius 3 is 2.54 bits per heavy atom. The average Bonchev–Trinajstić information content (AvgIpc) is 2.86. The van der Waals surface area contributed by atoms with Gasteiger partial charge in [-0.05, 0) is 26.0 Å². The fraction of sp³-hybridized carbons (Fsp3) is 0.429. The molecule has 2 heterocycles. The van der Waals surface area contributed by atoms with Crippen LogP contribution < -0.4 is 5.32 Å². The van der Waals surface area contributed by atoms with E-state index in [1.165, 1.54) is 12.4 Å². The van der Waals surface area contributed by atoms with E-state index in [1.807, 2.05) is 0 Å². The first-order valence-corrected chi connectivity index (χ1v) is 8.07. The molecule has 1 N–H and O–H groups in total. The van der Waals surface area contributed by atoms with Gasteiger partial charge in [0, 0.05) is 24.0 Å². The van der Waals surface area contributed by atoms with E-state index in [2.05, 4.69) is 20.5 Å². The van der Waals surface area contributed by atoms with Crippen molar-refractivity contribution in [3.8, 4) is 11.4 Å². The first-order chi connectivity index (χ1) is 11.3. The van der Waals surface area contributed by atoms with Gasteiger partial charge < -0.3 is 5.32 Å². The van der Waals surface area contributed by atoms with E-state index < -0.39 is 12.7 Å². The van der Waals surface area contributed by atoms with Gasteiger partial charge in [0.1, 0.15) is 6.54 Å². The predicted molar refractivity (Wildman–Crippen MR) is 83.3 cm³/mol. The highest BCUT2D eigenvalue weighted by molar-refractivity contribution is 7.99. The van der Waals surface area contributed by atoms with Crippen molar-refractivity contribution >= 4 is 17.7 Å². The van der Waals surface area contributed by atoms with Crippen LogP contribution in [0.3, 0.4) is 0 Å². The number of carbonyl (C=O) groups excluding carboxylic acids is 1. The van der Waals surface area contributed by atoms with E-state index in [1.54, 1.807) is 26.0 Å². The molecular formula is C14H16F3N5OS. The zero-order valence-corrected chi connectivity index (χ0v) is 13.9. The maximum absolute atomic E-state index is 12.9. The van der Waals surface area contributed by atoms with Crippen LogP contribution in [0.5, 0.6) is 0 Å². The number of amides is 1. The fourth-order valence-corrected chi connectivity index (χ4v) is 2.67. The molecule has 0 fully saturated rings. The van der Waals surface area contributed by atoms with Gasteiger partial charge in [-0.1, -0.05) is 11.8 Å². The largest absolute Gasteiger partial charge is 0.406 e. The Bertz CT molecular complexity index is 687. The van der Waals surface area contributed by atoms with Crippen molar-refractivity contribution in [2.24, 2.45) is 0 Å². The molecule has 1 amide bonds. The molecule has 0 aliphatic rings. The number of rotatable bonds is 6. The molecule has 0 aliphatic carbocycles. The predicted octanol–water partition coefficient (Wildman–Crippen LogP) is 2.52. The van der Waals surface area contributed by atoms with Crippen molar-refractivity contribution in [2.75, 3.05) is 5.75 Å². The van der Waals surface area contributed by atoms with Crippen LogP contribution in [0.2, 0.25) is 0 Å². The molecule has 2 aromatic rings. The topological polar surface area (TPSA) is 72.7 Å². The van der Waals surface area contributed by atoms with Crippen molar-refractivity contribution in [1.29, 1.82) is 0 Å². The van der Waals surface area contributed by atoms with Crippen LogP contribution in [0.25, 0.3) is 11.4 Å². The minimum Gasteiger partial charge on any atom is -0.353 e. The average molecular weight is 359 g/mol. The van der Waals surface area contributed by atoms with E-state index in [-0.39, 0.29) is 28.7 Å². The van der Waals surface area contributed by atoms with Gasteiger partial charge in [0.15, 0.2) is 11.0 Å². The minimum atomic E-state index is -4.43. The summed E-state index contributed by atoms with van der Waals surface area (Å²) in [5.74, 6) is -0.228. The second-order valence-electron chi connectivity index (χ2n) is 5.25. The number of hydrogen-bond acceptors (Lipinski definition) is 5. The number of halogens is 3. The number of pyridine rings is 1. The van der Waals surface area contributed by atoms with Crippen LogP contribution in [0.4, 0.5) is 13.2 Å². The summed E-state index contributed by atoms with van der Waals surface area (Å²) in [4.78, 5) is 15.5. The number of hydrogen-bond donors (Lipinski definition) is 1. The molecule has 10 heteroatoms. The van der Waals surface area contributed by atoms with Gasteiger partial charge in [0.05, 0.1) is 5.75 Å². The highest BCUT2D eigenvalue weighted by Gasteiger charge is 2.31. The quantitative estimate of drug-likeness (QED) is 0.803. The molecular weight excluding hydrogens is 343 g/mol. The van der Waals surface area contributed by atoms with E-state index >= 15 is 0 Å². The second-order valence-corrected chi connectivity index (χ2v) is 6.20. The lowest BCUT2D eigenvalue weighted by molar-refractivity contribution is -0.141. The molecule has 0 radical (unpaired) electrons. The number of nitrogens with zero attached hydrogens (tertiary/aromatic N) is 4. The first-order valence-electron chi connectivity index (χ1n) is 7.09. The van der Waals surface area contributed by atoms with Crippen molar-refractivity contribution in [2.45, 2.75) is 37.8 Å². The highest BCUT2D eigenvalue weighted by Crippen LogP contribution is 2.28. The lowest BCUT2D eigenvalue weighted by atomic mass is 10.2. The van der Waals surface area contributed by atoms with E-state index in [4.69, 9.17) is 0 Å². The Hall–Kier alpha value is -2.10. The summed E-state index contributed by atoms with van der Waals surface area (Å²) >= 11 is 0.915. The lowest BCUT2D eigenvalue weighted by Gasteiger charge is -2.13. The van der Waals surface area contributed by atoms with Crippen LogP contribution in [0, 0.1) is 0 Å². The van der Waals surface area contributed by atoms with Crippen LogP contribution >= 0.6 is 11.8 Å². The molecule has 0 unspecified atom stereocenters. The molecule has 24 heavy (non-hydrogen) atoms. The third-order valence-electron chi connectivity index (χ3n) is 2.77. The molecule has 0 spiro atoms. The summed E-state index contributed by atoms with van der Waals surface area (Å²) < 4.78 is 39.6. The van der Waals surface area contributed by atoms with Crippen molar-refractivity contribution < 1.29 is 18.0 Å². The summed E-state index contributed by atoms with van der Waals surface area (Å²) in [5.41, 5.74) is 0.472. The highest BCUT2D eigenvalue weighted by atomic mass is 32.2. The maximum Gasteiger partial charge on any atom is 0.406 e. The van der Waals surface area contributed by atoms with Crippen molar-refractivity contribution in [3.05, 3.63) is 24.5 Å². The number of thioether (sulfide) groups is 1. The maximum atomic E-state index is 12.9. The molecule has 2 rings (SSSR count). The summed E-state index contributed by atoms with van der Waals surface area (Å²) in [6, 6.07) is 3.06. The molecule has 0 atom stereocenters. The third-order valence-corrected chi connectivity index (χ3v) is 3.74. The molecule has 0 aliphatic heterocycles. The number of alkyl halides is 3. The first kappa shape index (κ1) is 18.2. The van der Waals surface area contributed by atoms with Gasteiger partial charge in [0.2, 0.25) is 5.91 Å². The van der Waals surface area contributed by atoms with Gasteiger partial charge >= 0.3 is 6.18 Å². The van der Waals surface area contributed by atoms with Crippen LogP contribution in [-0.4, -0.2) is 43.6 Å². The Morgan fingerprint density at radius 2 is 1.96 bits per heavy atom. The monoisotopic (exact) mass is 359 g/mol. The molecule has 2 aromatic heterocycles. The van der Waals surface area contributed by atoms with E-state index in [9.17, 15) is 18.0 Å². The Labute approximate surface area is 140 Å². The second kappa shape index (κ2) is 7.65. The zero-order valence-electron chi connectivity index (χ0n) is 13.0. The number of aromatic nitrogens is 4. The number of carbonyl (C=O) groups is 1. The third kappa shape index (κ3) is 5.22. The normalized spacial score (nSPS) is 11.8. The van der Waals surface area contributed by atoms with Gasteiger partial charge in [-0.25, -0.2) is 0 Å². The Morgan fingerprint density at radius 1 is 1.29 bits per heavy atom. The standard InChI is InChI=1S/C14H16F3N5OS/c1-9(2)19-11(23)7-24-13-21-20-12(10-3-5-18-6-4-10)22(13)8-14(15,16)17/h3-6,9H,7-8H2,1-2H3,(H,19,23). The summed E-state index contributed by atoms with van der Waals surface area (Å²) in [7, 11) is 0. The fourth-order valence-electron chi connectivity index (χ4n) is 1.93. The van der Waals surface area contributed by atoms with Crippen LogP contribution in [0.15, 0.2) is 29.7 Å². The summed E-state index contributed by atoms with van der Waals surface area (Å²) in [6.07, 6.45) is -1.50. The van der Waals surface area contributed by atoms with Crippen LogP contribution in [0.1, 0.15) is 13.8 Å². The van der Waals surface area contributed by atoms with Crippen molar-refractivity contribution in [3.63, 3.8) is 0 Å². The number of nitrogens with one attached hydrogen (secondary N) is 1. The van der Waals surface area contributed by atoms with E-state index in [0.717, 1.165) is 16.3 Å². The lowest BCUT2D eigenvalue weighted by Crippen LogP contribution is -2.31. The summed E-state index contributed by atoms with van der Waals surface area (Å²) in [6.45, 7) is 2.37. The van der Waals surface area contributed by atoms with Gasteiger partial charge in [-0.15, -0.1) is 10.2 Å². The Balaban J connectivity index is 2.24. The van der Waals surface area contributed by atoms with Gasteiger partial charge in [-0.3, -0.25) is 14.3 Å². The molecule has 0 saturated carbocycles. The van der Waals surface area contributed by atoms with Gasteiger partial charge in [-0.2, -0.15) is 13.2 Å². The molecule has 130 valence electrons. The van der Waals surface area contributed by atoms with Crippen molar-refractivity contribution in [1.82, 2.24) is 25.1 Å². The molecule has 0 bridgehead atoms. The minimum absolute atomic E-state index is 0.0372.